The Kier molecular flexibility index (Phi) is 5.49. The van der Waals surface area contributed by atoms with Gasteiger partial charge in [0.1, 0.15) is 0 Å². The zero-order valence-electron chi connectivity index (χ0n) is 15.9. The molecule has 0 unspecified atom stereocenters. The van der Waals surface area contributed by atoms with Gasteiger partial charge in [0.25, 0.3) is 5.91 Å². The van der Waals surface area contributed by atoms with Crippen molar-refractivity contribution < 1.29 is 9.90 Å². The van der Waals surface area contributed by atoms with E-state index in [4.69, 9.17) is 0 Å². The van der Waals surface area contributed by atoms with Gasteiger partial charge in [0.15, 0.2) is 0 Å². The minimum atomic E-state index is -0.671. The van der Waals surface area contributed by atoms with Crippen LogP contribution in [0.5, 0.6) is 0 Å². The van der Waals surface area contributed by atoms with Crippen molar-refractivity contribution >= 4 is 5.91 Å². The van der Waals surface area contributed by atoms with Crippen molar-refractivity contribution in [1.29, 1.82) is 0 Å². The molecule has 2 aliphatic rings. The van der Waals surface area contributed by atoms with Crippen LogP contribution >= 0.6 is 0 Å². The van der Waals surface area contributed by atoms with E-state index < -0.39 is 5.60 Å². The second kappa shape index (κ2) is 7.46. The van der Waals surface area contributed by atoms with E-state index in [1.165, 1.54) is 25.8 Å². The number of likely N-dealkylation sites (tertiary alicyclic amines) is 2. The Bertz CT molecular complexity index is 602. The molecule has 0 spiro atoms. The lowest BCUT2D eigenvalue weighted by Gasteiger charge is -2.49. The smallest absolute Gasteiger partial charge is 0.253 e. The summed E-state index contributed by atoms with van der Waals surface area (Å²) in [4.78, 5) is 17.3. The van der Waals surface area contributed by atoms with Gasteiger partial charge in [-0.25, -0.2) is 0 Å². The number of carbonyl (C=O) groups is 1. The molecule has 1 aromatic carbocycles. The summed E-state index contributed by atoms with van der Waals surface area (Å²) in [5.41, 5.74) is 1.23. The van der Waals surface area contributed by atoms with E-state index in [0.29, 0.717) is 18.5 Å². The van der Waals surface area contributed by atoms with Crippen molar-refractivity contribution in [1.82, 2.24) is 9.80 Å². The highest BCUT2D eigenvalue weighted by molar-refractivity contribution is 5.95. The van der Waals surface area contributed by atoms with Gasteiger partial charge in [-0.3, -0.25) is 9.69 Å². The number of hydrogen-bond donors (Lipinski definition) is 1. The van der Waals surface area contributed by atoms with Crippen LogP contribution in [0.15, 0.2) is 24.3 Å². The summed E-state index contributed by atoms with van der Waals surface area (Å²) in [6.07, 6.45) is 5.40. The van der Waals surface area contributed by atoms with E-state index in [0.717, 1.165) is 30.6 Å². The summed E-state index contributed by atoms with van der Waals surface area (Å²) >= 11 is 0. The number of aryl methyl sites for hydroxylation is 1. The molecule has 2 saturated heterocycles. The molecular weight excluding hydrogens is 312 g/mol. The Hall–Kier alpha value is -1.39. The predicted molar refractivity (Wildman–Crippen MR) is 101 cm³/mol. The summed E-state index contributed by atoms with van der Waals surface area (Å²) < 4.78 is 0. The van der Waals surface area contributed by atoms with Crippen molar-refractivity contribution in [2.24, 2.45) is 0 Å². The maximum Gasteiger partial charge on any atom is 0.253 e. The van der Waals surface area contributed by atoms with Gasteiger partial charge in [-0.1, -0.05) is 18.6 Å². The van der Waals surface area contributed by atoms with E-state index in [9.17, 15) is 9.90 Å². The number of piperidine rings is 1. The fourth-order valence-corrected chi connectivity index (χ4v) is 3.99. The molecule has 0 aromatic heterocycles. The van der Waals surface area contributed by atoms with E-state index in [-0.39, 0.29) is 5.91 Å². The number of rotatable bonds is 5. The van der Waals surface area contributed by atoms with Crippen molar-refractivity contribution in [3.63, 3.8) is 0 Å². The van der Waals surface area contributed by atoms with Crippen molar-refractivity contribution in [3.05, 3.63) is 35.4 Å². The molecule has 0 bridgehead atoms. The molecule has 2 heterocycles. The fourth-order valence-electron chi connectivity index (χ4n) is 3.99. The third kappa shape index (κ3) is 4.62. The number of nitrogens with zero attached hydrogens (tertiary/aromatic N) is 2. The Labute approximate surface area is 151 Å². The highest BCUT2D eigenvalue weighted by atomic mass is 16.3. The minimum Gasteiger partial charge on any atom is -0.390 e. The Balaban J connectivity index is 1.55. The average Bonchev–Trinajstić information content (AvgIpc) is 2.53. The van der Waals surface area contributed by atoms with Crippen LogP contribution in [0.1, 0.15) is 62.4 Å². The summed E-state index contributed by atoms with van der Waals surface area (Å²) in [5, 5.41) is 9.89. The van der Waals surface area contributed by atoms with Crippen LogP contribution in [0.3, 0.4) is 0 Å². The van der Waals surface area contributed by atoms with Gasteiger partial charge in [-0.05, 0) is 70.7 Å². The molecule has 1 aromatic rings. The second-order valence-corrected chi connectivity index (χ2v) is 8.46. The Morgan fingerprint density at radius 1 is 1.28 bits per heavy atom. The summed E-state index contributed by atoms with van der Waals surface area (Å²) in [6, 6.07) is 9.09. The first-order chi connectivity index (χ1) is 11.8. The Morgan fingerprint density at radius 2 is 2.04 bits per heavy atom. The summed E-state index contributed by atoms with van der Waals surface area (Å²) in [6.45, 7) is 8.86. The zero-order valence-corrected chi connectivity index (χ0v) is 15.9. The average molecular weight is 344 g/mol. The number of hydrogen-bond acceptors (Lipinski definition) is 3. The standard InChI is InChI=1S/C21H32N2O2/c1-16-7-4-5-12-23(16)19-14-22(15-19)20(24)18-9-6-8-17(13-18)10-11-21(2,3)25/h6,8-9,13,16,19,25H,4-5,7,10-12,14-15H2,1-3H3/t16-/m0/s1. The molecule has 0 radical (unpaired) electrons. The molecular formula is C21H32N2O2. The van der Waals surface area contributed by atoms with Crippen molar-refractivity contribution in [3.8, 4) is 0 Å². The molecule has 4 heteroatoms. The van der Waals surface area contributed by atoms with Gasteiger partial charge in [0.2, 0.25) is 0 Å². The van der Waals surface area contributed by atoms with Crippen LogP contribution in [-0.4, -0.2) is 58.1 Å². The van der Waals surface area contributed by atoms with Crippen molar-refractivity contribution in [2.45, 2.75) is 70.6 Å². The van der Waals surface area contributed by atoms with Gasteiger partial charge >= 0.3 is 0 Å². The third-order valence-electron chi connectivity index (χ3n) is 5.67. The normalized spacial score (nSPS) is 22.7. The monoisotopic (exact) mass is 344 g/mol. The van der Waals surface area contributed by atoms with Gasteiger partial charge in [-0.15, -0.1) is 0 Å². The largest absolute Gasteiger partial charge is 0.390 e. The van der Waals surface area contributed by atoms with Gasteiger partial charge in [0, 0.05) is 30.7 Å². The van der Waals surface area contributed by atoms with Crippen LogP contribution in [0.25, 0.3) is 0 Å². The molecule has 25 heavy (non-hydrogen) atoms. The van der Waals surface area contributed by atoms with Crippen LogP contribution in [0, 0.1) is 0 Å². The highest BCUT2D eigenvalue weighted by Gasteiger charge is 2.37. The van der Waals surface area contributed by atoms with Gasteiger partial charge in [-0.2, -0.15) is 0 Å². The lowest BCUT2D eigenvalue weighted by molar-refractivity contribution is 0.00212. The minimum absolute atomic E-state index is 0.144. The maximum atomic E-state index is 12.7. The lowest BCUT2D eigenvalue weighted by atomic mass is 9.96. The molecule has 0 saturated carbocycles. The zero-order chi connectivity index (χ0) is 18.0. The molecule has 2 fully saturated rings. The van der Waals surface area contributed by atoms with Crippen LogP contribution in [0.4, 0.5) is 0 Å². The first-order valence-corrected chi connectivity index (χ1v) is 9.70. The molecule has 1 atom stereocenters. The molecule has 0 aliphatic carbocycles. The Morgan fingerprint density at radius 3 is 2.72 bits per heavy atom. The first-order valence-electron chi connectivity index (χ1n) is 9.70. The second-order valence-electron chi connectivity index (χ2n) is 8.46. The van der Waals surface area contributed by atoms with E-state index in [2.05, 4.69) is 11.8 Å². The van der Waals surface area contributed by atoms with Gasteiger partial charge < -0.3 is 10.0 Å². The van der Waals surface area contributed by atoms with Crippen LogP contribution in [0.2, 0.25) is 0 Å². The number of carbonyl (C=O) groups excluding carboxylic acids is 1. The van der Waals surface area contributed by atoms with Crippen molar-refractivity contribution in [2.75, 3.05) is 19.6 Å². The molecule has 1 amide bonds. The van der Waals surface area contributed by atoms with E-state index >= 15 is 0 Å². The van der Waals surface area contributed by atoms with E-state index in [1.54, 1.807) is 0 Å². The highest BCUT2D eigenvalue weighted by Crippen LogP contribution is 2.25. The van der Waals surface area contributed by atoms with E-state index in [1.807, 2.05) is 43.0 Å². The SMILES string of the molecule is C[C@H]1CCCCN1C1CN(C(=O)c2cccc(CCC(C)(C)O)c2)C1. The summed E-state index contributed by atoms with van der Waals surface area (Å²) in [7, 11) is 0. The molecule has 4 nitrogen and oxygen atoms in total. The quantitative estimate of drug-likeness (QED) is 0.893. The number of aliphatic hydroxyl groups is 1. The fraction of sp³-hybridized carbons (Fsp3) is 0.667. The molecule has 138 valence electrons. The maximum absolute atomic E-state index is 12.7. The third-order valence-corrected chi connectivity index (χ3v) is 5.67. The lowest BCUT2D eigenvalue weighted by Crippen LogP contribution is -2.63. The summed E-state index contributed by atoms with van der Waals surface area (Å²) in [5.74, 6) is 0.144. The van der Waals surface area contributed by atoms with Gasteiger partial charge in [0.05, 0.1) is 5.60 Å². The molecule has 2 aliphatic heterocycles. The number of benzene rings is 1. The first kappa shape index (κ1) is 18.4. The topological polar surface area (TPSA) is 43.8 Å². The van der Waals surface area contributed by atoms with Crippen LogP contribution < -0.4 is 0 Å². The number of amides is 1. The molecule has 3 rings (SSSR count). The molecule has 1 N–H and O–H groups in total. The predicted octanol–water partition coefficient (Wildman–Crippen LogP) is 3.09. The van der Waals surface area contributed by atoms with Crippen LogP contribution in [-0.2, 0) is 6.42 Å².